The van der Waals surface area contributed by atoms with Crippen LogP contribution in [0, 0.1) is 6.92 Å². The number of carbonyl (C=O) groups excluding carboxylic acids is 2. The predicted molar refractivity (Wildman–Crippen MR) is 95.7 cm³/mol. The topological polar surface area (TPSA) is 90.7 Å². The first kappa shape index (κ1) is 18.6. The molecule has 0 saturated heterocycles. The van der Waals surface area contributed by atoms with Gasteiger partial charge in [0.2, 0.25) is 0 Å². The minimum absolute atomic E-state index is 0.105. The van der Waals surface area contributed by atoms with Crippen LogP contribution in [-0.2, 0) is 16.1 Å². The summed E-state index contributed by atoms with van der Waals surface area (Å²) in [4.78, 5) is 24.0. The predicted octanol–water partition coefficient (Wildman–Crippen LogP) is 2.71. The van der Waals surface area contributed by atoms with Crippen molar-refractivity contribution in [3.05, 3.63) is 58.1 Å². The molecule has 0 radical (unpaired) electrons. The maximum absolute atomic E-state index is 12.1. The zero-order valence-electron chi connectivity index (χ0n) is 14.0. The Balaban J connectivity index is 1.90. The first-order valence-corrected chi connectivity index (χ1v) is 7.91. The Morgan fingerprint density at radius 1 is 1.20 bits per heavy atom. The van der Waals surface area contributed by atoms with Crippen LogP contribution in [0.25, 0.3) is 0 Å². The van der Waals surface area contributed by atoms with Gasteiger partial charge in [-0.2, -0.15) is 0 Å². The third-order valence-corrected chi connectivity index (χ3v) is 3.81. The zero-order chi connectivity index (χ0) is 18.4. The number of rotatable bonds is 6. The van der Waals surface area contributed by atoms with E-state index in [1.165, 1.54) is 19.2 Å². The maximum Gasteiger partial charge on any atom is 0.342 e. The third-order valence-electron chi connectivity index (χ3n) is 3.48. The first-order valence-electron chi connectivity index (χ1n) is 7.53. The Labute approximate surface area is 150 Å². The lowest BCUT2D eigenvalue weighted by Crippen LogP contribution is -2.28. The Morgan fingerprint density at radius 2 is 1.88 bits per heavy atom. The van der Waals surface area contributed by atoms with Crippen molar-refractivity contribution in [1.29, 1.82) is 0 Å². The molecular weight excluding hydrogens is 344 g/mol. The molecule has 0 spiro atoms. The van der Waals surface area contributed by atoms with Gasteiger partial charge in [0.05, 0.1) is 17.8 Å². The number of amides is 1. The molecule has 0 atom stereocenters. The normalized spacial score (nSPS) is 10.2. The summed E-state index contributed by atoms with van der Waals surface area (Å²) < 4.78 is 10.1. The maximum atomic E-state index is 12.1. The van der Waals surface area contributed by atoms with Crippen LogP contribution in [0.2, 0.25) is 5.02 Å². The van der Waals surface area contributed by atoms with E-state index in [0.29, 0.717) is 6.54 Å². The summed E-state index contributed by atoms with van der Waals surface area (Å²) in [6.45, 7) is 1.93. The molecule has 132 valence electrons. The fourth-order valence-corrected chi connectivity index (χ4v) is 2.23. The number of benzene rings is 2. The van der Waals surface area contributed by atoms with Gasteiger partial charge in [-0.05, 0) is 18.6 Å². The molecule has 0 aliphatic carbocycles. The summed E-state index contributed by atoms with van der Waals surface area (Å²) in [6, 6.07) is 10.5. The van der Waals surface area contributed by atoms with E-state index < -0.39 is 18.5 Å². The summed E-state index contributed by atoms with van der Waals surface area (Å²) in [7, 11) is 1.40. The van der Waals surface area contributed by atoms with E-state index in [1.807, 2.05) is 31.2 Å². The van der Waals surface area contributed by atoms with Crippen LogP contribution in [0.3, 0.4) is 0 Å². The van der Waals surface area contributed by atoms with Crippen LogP contribution in [0.15, 0.2) is 36.4 Å². The largest absolute Gasteiger partial charge is 0.496 e. The number of aryl methyl sites for hydroxylation is 1. The Hall–Kier alpha value is -2.73. The number of nitrogens with one attached hydrogen (secondary N) is 1. The Kier molecular flexibility index (Phi) is 6.25. The number of hydrogen-bond acceptors (Lipinski definition) is 5. The standard InChI is InChI=1S/C18H19ClN2O4/c1-11-3-5-12(6-4-11)9-21-17(22)10-25-18(23)13-7-14(19)15(20)8-16(13)24-2/h3-8H,9-10,20H2,1-2H3,(H,21,22). The van der Waals surface area contributed by atoms with E-state index >= 15 is 0 Å². The lowest BCUT2D eigenvalue weighted by molar-refractivity contribution is -0.124. The molecule has 2 aromatic rings. The zero-order valence-corrected chi connectivity index (χ0v) is 14.7. The molecule has 1 amide bonds. The average molecular weight is 363 g/mol. The highest BCUT2D eigenvalue weighted by atomic mass is 35.5. The summed E-state index contributed by atoms with van der Waals surface area (Å²) >= 11 is 5.91. The highest BCUT2D eigenvalue weighted by Crippen LogP contribution is 2.29. The van der Waals surface area contributed by atoms with E-state index in [9.17, 15) is 9.59 Å². The molecule has 0 unspecified atom stereocenters. The van der Waals surface area contributed by atoms with Gasteiger partial charge in [-0.1, -0.05) is 41.4 Å². The number of carbonyl (C=O) groups is 2. The minimum atomic E-state index is -0.718. The quantitative estimate of drug-likeness (QED) is 0.609. The van der Waals surface area contributed by atoms with Crippen molar-refractivity contribution in [2.24, 2.45) is 0 Å². The number of hydrogen-bond donors (Lipinski definition) is 2. The lowest BCUT2D eigenvalue weighted by Gasteiger charge is -2.11. The smallest absolute Gasteiger partial charge is 0.342 e. The van der Waals surface area contributed by atoms with Crippen LogP contribution in [0.1, 0.15) is 21.5 Å². The van der Waals surface area contributed by atoms with E-state index in [0.717, 1.165) is 11.1 Å². The fraction of sp³-hybridized carbons (Fsp3) is 0.222. The van der Waals surface area contributed by atoms with Gasteiger partial charge in [0.15, 0.2) is 6.61 Å². The van der Waals surface area contributed by atoms with Gasteiger partial charge in [-0.25, -0.2) is 4.79 Å². The van der Waals surface area contributed by atoms with E-state index in [-0.39, 0.29) is 22.0 Å². The van der Waals surface area contributed by atoms with Gasteiger partial charge in [-0.3, -0.25) is 4.79 Å². The molecule has 0 aliphatic rings. The van der Waals surface area contributed by atoms with E-state index in [2.05, 4.69) is 5.32 Å². The molecule has 0 aliphatic heterocycles. The molecule has 0 saturated carbocycles. The van der Waals surface area contributed by atoms with Crippen molar-refractivity contribution >= 4 is 29.2 Å². The summed E-state index contributed by atoms with van der Waals surface area (Å²) in [5, 5.41) is 2.89. The van der Waals surface area contributed by atoms with Crippen LogP contribution >= 0.6 is 11.6 Å². The molecule has 3 N–H and O–H groups in total. The van der Waals surface area contributed by atoms with Gasteiger partial charge >= 0.3 is 5.97 Å². The lowest BCUT2D eigenvalue weighted by atomic mass is 10.1. The number of methoxy groups -OCH3 is 1. The highest BCUT2D eigenvalue weighted by Gasteiger charge is 2.17. The molecule has 2 rings (SSSR count). The second-order valence-corrected chi connectivity index (χ2v) is 5.82. The SMILES string of the molecule is COc1cc(N)c(Cl)cc1C(=O)OCC(=O)NCc1ccc(C)cc1. The molecule has 2 aromatic carbocycles. The molecule has 0 aromatic heterocycles. The average Bonchev–Trinajstić information content (AvgIpc) is 2.61. The van der Waals surface area contributed by atoms with Gasteiger partial charge in [0.1, 0.15) is 11.3 Å². The first-order chi connectivity index (χ1) is 11.9. The second kappa shape index (κ2) is 8.39. The van der Waals surface area contributed by atoms with Crippen molar-refractivity contribution in [2.45, 2.75) is 13.5 Å². The van der Waals surface area contributed by atoms with Gasteiger partial charge in [0, 0.05) is 12.6 Å². The van der Waals surface area contributed by atoms with Crippen LogP contribution < -0.4 is 15.8 Å². The summed E-state index contributed by atoms with van der Waals surface area (Å²) in [6.07, 6.45) is 0. The van der Waals surface area contributed by atoms with Crippen molar-refractivity contribution in [3.63, 3.8) is 0 Å². The minimum Gasteiger partial charge on any atom is -0.496 e. The number of nitrogens with two attached hydrogens (primary N) is 1. The molecule has 7 heteroatoms. The molecular formula is C18H19ClN2O4. The van der Waals surface area contributed by atoms with Crippen molar-refractivity contribution in [2.75, 3.05) is 19.5 Å². The van der Waals surface area contributed by atoms with Gasteiger partial charge < -0.3 is 20.5 Å². The van der Waals surface area contributed by atoms with Crippen molar-refractivity contribution < 1.29 is 19.1 Å². The van der Waals surface area contributed by atoms with Crippen molar-refractivity contribution in [3.8, 4) is 5.75 Å². The van der Waals surface area contributed by atoms with Gasteiger partial charge in [0.25, 0.3) is 5.91 Å². The van der Waals surface area contributed by atoms with E-state index in [1.54, 1.807) is 0 Å². The summed E-state index contributed by atoms with van der Waals surface area (Å²) in [5.74, 6) is -0.898. The monoisotopic (exact) mass is 362 g/mol. The molecule has 0 fully saturated rings. The summed E-state index contributed by atoms with van der Waals surface area (Å²) in [5.41, 5.74) is 8.15. The van der Waals surface area contributed by atoms with Gasteiger partial charge in [-0.15, -0.1) is 0 Å². The molecule has 0 bridgehead atoms. The number of nitrogen functional groups attached to an aromatic ring is 1. The second-order valence-electron chi connectivity index (χ2n) is 5.41. The highest BCUT2D eigenvalue weighted by molar-refractivity contribution is 6.33. The van der Waals surface area contributed by atoms with Crippen LogP contribution in [0.5, 0.6) is 5.75 Å². The van der Waals surface area contributed by atoms with E-state index in [4.69, 9.17) is 26.8 Å². The molecule has 0 heterocycles. The number of anilines is 1. The molecule has 6 nitrogen and oxygen atoms in total. The van der Waals surface area contributed by atoms with Crippen LogP contribution in [-0.4, -0.2) is 25.6 Å². The van der Waals surface area contributed by atoms with Crippen LogP contribution in [0.4, 0.5) is 5.69 Å². The number of esters is 1. The third kappa shape index (κ3) is 5.12. The number of ether oxygens (including phenoxy) is 2. The molecule has 25 heavy (non-hydrogen) atoms. The Bertz CT molecular complexity index is 775. The number of halogens is 1. The fourth-order valence-electron chi connectivity index (χ4n) is 2.06. The van der Waals surface area contributed by atoms with Crippen molar-refractivity contribution in [1.82, 2.24) is 5.32 Å². The Morgan fingerprint density at radius 3 is 2.52 bits per heavy atom.